The van der Waals surface area contributed by atoms with Crippen LogP contribution in [0.3, 0.4) is 0 Å². The molecule has 1 fully saturated rings. The van der Waals surface area contributed by atoms with E-state index in [1.165, 1.54) is 12.1 Å². The van der Waals surface area contributed by atoms with Crippen LogP contribution < -0.4 is 4.72 Å². The summed E-state index contributed by atoms with van der Waals surface area (Å²) < 4.78 is 33.9. The van der Waals surface area contributed by atoms with Gasteiger partial charge in [-0.1, -0.05) is 67.9 Å². The lowest BCUT2D eigenvalue weighted by Gasteiger charge is -2.26. The van der Waals surface area contributed by atoms with Gasteiger partial charge in [-0.3, -0.25) is 14.4 Å². The topological polar surface area (TPSA) is 75.7 Å². The predicted molar refractivity (Wildman–Crippen MR) is 136 cm³/mol. The molecule has 0 unspecified atom stereocenters. The minimum atomic E-state index is -3.89. The van der Waals surface area contributed by atoms with Crippen molar-refractivity contribution in [1.82, 2.24) is 4.90 Å². The van der Waals surface area contributed by atoms with Crippen molar-refractivity contribution in [1.29, 1.82) is 0 Å². The number of nitrogens with zero attached hydrogens (tertiary/aromatic N) is 1. The molecule has 1 saturated heterocycles. The van der Waals surface area contributed by atoms with Crippen molar-refractivity contribution in [2.45, 2.75) is 25.3 Å². The summed E-state index contributed by atoms with van der Waals surface area (Å²) in [6.07, 6.45) is 0. The number of sulfonamides is 1. The maximum absolute atomic E-state index is 13.0. The molecule has 8 heteroatoms. The average Bonchev–Trinajstić information content (AvgIpc) is 2.87. The van der Waals surface area contributed by atoms with Gasteiger partial charge in [0.1, 0.15) is 0 Å². The Bertz CT molecular complexity index is 1190. The van der Waals surface area contributed by atoms with Gasteiger partial charge in [-0.05, 0) is 35.9 Å². The summed E-state index contributed by atoms with van der Waals surface area (Å²) in [7, 11) is -3.89. The van der Waals surface area contributed by atoms with Gasteiger partial charge in [-0.2, -0.15) is 0 Å². The van der Waals surface area contributed by atoms with E-state index in [1.807, 2.05) is 26.0 Å². The van der Waals surface area contributed by atoms with E-state index in [1.54, 1.807) is 48.5 Å². The zero-order valence-corrected chi connectivity index (χ0v) is 20.9. The fourth-order valence-corrected chi connectivity index (χ4v) is 4.79. The van der Waals surface area contributed by atoms with Gasteiger partial charge in [-0.25, -0.2) is 8.42 Å². The molecular weight excluding hydrogens is 472 g/mol. The Morgan fingerprint density at radius 1 is 0.971 bits per heavy atom. The number of carbonyl (C=O) groups excluding carboxylic acids is 1. The van der Waals surface area contributed by atoms with E-state index >= 15 is 0 Å². The van der Waals surface area contributed by atoms with Gasteiger partial charge in [0.05, 0.1) is 23.8 Å². The lowest BCUT2D eigenvalue weighted by Crippen LogP contribution is -2.35. The molecule has 0 amide bonds. The molecule has 0 spiro atoms. The Morgan fingerprint density at radius 3 is 2.26 bits per heavy atom. The van der Waals surface area contributed by atoms with Gasteiger partial charge in [0.25, 0.3) is 10.0 Å². The van der Waals surface area contributed by atoms with Crippen molar-refractivity contribution in [3.8, 4) is 0 Å². The first-order valence-corrected chi connectivity index (χ1v) is 13.1. The number of benzene rings is 3. The van der Waals surface area contributed by atoms with Crippen LogP contribution in [0.4, 0.5) is 5.69 Å². The van der Waals surface area contributed by atoms with E-state index in [0.29, 0.717) is 23.8 Å². The van der Waals surface area contributed by atoms with Crippen molar-refractivity contribution >= 4 is 33.1 Å². The van der Waals surface area contributed by atoms with E-state index in [2.05, 4.69) is 9.62 Å². The number of morpholine rings is 1. The first-order valence-electron chi connectivity index (χ1n) is 11.2. The van der Waals surface area contributed by atoms with Crippen molar-refractivity contribution in [3.05, 3.63) is 94.5 Å². The van der Waals surface area contributed by atoms with Gasteiger partial charge in [0.2, 0.25) is 0 Å². The number of carbonyl (C=O) groups is 1. The van der Waals surface area contributed by atoms with Crippen molar-refractivity contribution in [2.24, 2.45) is 0 Å². The molecule has 0 bridgehead atoms. The molecule has 0 aromatic heterocycles. The number of ketones is 1. The van der Waals surface area contributed by atoms with Gasteiger partial charge in [0.15, 0.2) is 5.78 Å². The summed E-state index contributed by atoms with van der Waals surface area (Å²) in [5, 5.41) is 0.347. The lowest BCUT2D eigenvalue weighted by molar-refractivity contribution is 0.0342. The molecule has 6 nitrogen and oxygen atoms in total. The van der Waals surface area contributed by atoms with Crippen LogP contribution in [0.25, 0.3) is 0 Å². The molecule has 3 aromatic rings. The molecule has 0 radical (unpaired) electrons. The number of rotatable bonds is 7. The van der Waals surface area contributed by atoms with Crippen LogP contribution in [0.5, 0.6) is 0 Å². The molecule has 0 saturated carbocycles. The summed E-state index contributed by atoms with van der Waals surface area (Å²) in [5.74, 6) is -0.313. The van der Waals surface area contributed by atoms with E-state index in [-0.39, 0.29) is 21.9 Å². The molecule has 4 rings (SSSR count). The summed E-state index contributed by atoms with van der Waals surface area (Å²) in [6, 6.07) is 19.9. The number of nitrogens with one attached hydrogen (secondary N) is 1. The normalized spacial score (nSPS) is 14.1. The van der Waals surface area contributed by atoms with Crippen molar-refractivity contribution in [3.63, 3.8) is 0 Å². The quantitative estimate of drug-likeness (QED) is 0.449. The highest BCUT2D eigenvalue weighted by molar-refractivity contribution is 7.92. The van der Waals surface area contributed by atoms with Gasteiger partial charge >= 0.3 is 0 Å². The maximum Gasteiger partial charge on any atom is 0.261 e. The Kier molecular flexibility index (Phi) is 9.24. The fourth-order valence-electron chi connectivity index (χ4n) is 3.53. The summed E-state index contributed by atoms with van der Waals surface area (Å²) >= 11 is 6.09. The fraction of sp³-hybridized carbons (Fsp3) is 0.269. The molecule has 0 aliphatic carbocycles. The highest BCUT2D eigenvalue weighted by Gasteiger charge is 2.20. The Balaban J connectivity index is 0.00000158. The third-order valence-electron chi connectivity index (χ3n) is 5.25. The number of anilines is 1. The largest absolute Gasteiger partial charge is 0.379 e. The van der Waals surface area contributed by atoms with E-state index in [9.17, 15) is 13.2 Å². The average molecular weight is 501 g/mol. The number of hydrogen-bond donors (Lipinski definition) is 1. The predicted octanol–water partition coefficient (Wildman–Crippen LogP) is 5.23. The van der Waals surface area contributed by atoms with E-state index in [4.69, 9.17) is 16.3 Å². The summed E-state index contributed by atoms with van der Waals surface area (Å²) in [4.78, 5) is 15.4. The van der Waals surface area contributed by atoms with Crippen LogP contribution in [0.2, 0.25) is 5.02 Å². The van der Waals surface area contributed by atoms with Crippen molar-refractivity contribution < 1.29 is 17.9 Å². The lowest BCUT2D eigenvalue weighted by atomic mass is 10.0. The van der Waals surface area contributed by atoms with Crippen molar-refractivity contribution in [2.75, 3.05) is 31.0 Å². The minimum absolute atomic E-state index is 0.122. The van der Waals surface area contributed by atoms with E-state index < -0.39 is 10.0 Å². The van der Waals surface area contributed by atoms with E-state index in [0.717, 1.165) is 25.2 Å². The molecular formula is C26H29ClN2O4S. The highest BCUT2D eigenvalue weighted by Crippen LogP contribution is 2.26. The molecule has 0 atom stereocenters. The third kappa shape index (κ3) is 6.67. The van der Waals surface area contributed by atoms with Crippen LogP contribution >= 0.6 is 11.6 Å². The minimum Gasteiger partial charge on any atom is -0.379 e. The number of hydrogen-bond acceptors (Lipinski definition) is 5. The Labute approximate surface area is 206 Å². The first kappa shape index (κ1) is 25.9. The summed E-state index contributed by atoms with van der Waals surface area (Å²) in [5.41, 5.74) is 1.84. The zero-order chi connectivity index (χ0) is 24.6. The van der Waals surface area contributed by atoms with Crippen LogP contribution in [-0.4, -0.2) is 45.4 Å². The number of halogens is 1. The van der Waals surface area contributed by atoms with Gasteiger partial charge in [-0.15, -0.1) is 0 Å². The zero-order valence-electron chi connectivity index (χ0n) is 19.3. The molecule has 1 N–H and O–H groups in total. The molecule has 1 aliphatic rings. The third-order valence-corrected chi connectivity index (χ3v) is 6.87. The molecule has 1 aliphatic heterocycles. The Hall–Kier alpha value is -2.71. The number of ether oxygens (including phenoxy) is 1. The molecule has 34 heavy (non-hydrogen) atoms. The second-order valence-corrected chi connectivity index (χ2v) is 9.64. The SMILES string of the molecule is CC.O=C(c1ccccc1)c1cc(Cl)ccc1NS(=O)(=O)c1ccc(CN2CCOCC2)cc1. The second kappa shape index (κ2) is 12.1. The standard InChI is InChI=1S/C24H23ClN2O4S.C2H6/c25-20-8-11-23(22(16-20)24(28)19-4-2-1-3-5-19)26-32(29,30)21-9-6-18(7-10-21)17-27-12-14-31-15-13-27;1-2/h1-11,16,26H,12-15,17H2;1-2H3. The highest BCUT2D eigenvalue weighted by atomic mass is 35.5. The first-order chi connectivity index (χ1) is 16.4. The van der Waals surface area contributed by atoms with Crippen LogP contribution in [0.1, 0.15) is 35.3 Å². The summed E-state index contributed by atoms with van der Waals surface area (Å²) in [6.45, 7) is 7.87. The smallest absolute Gasteiger partial charge is 0.261 e. The molecule has 3 aromatic carbocycles. The van der Waals surface area contributed by atoms with Gasteiger partial charge < -0.3 is 4.74 Å². The van der Waals surface area contributed by atoms with Gasteiger partial charge in [0, 0.05) is 35.8 Å². The molecule has 1 heterocycles. The van der Waals surface area contributed by atoms with Crippen LogP contribution in [0, 0.1) is 0 Å². The Morgan fingerprint density at radius 2 is 1.62 bits per heavy atom. The van der Waals surface area contributed by atoms with Crippen LogP contribution in [-0.2, 0) is 21.3 Å². The second-order valence-electron chi connectivity index (χ2n) is 7.52. The maximum atomic E-state index is 13.0. The van der Waals surface area contributed by atoms with Crippen LogP contribution in [0.15, 0.2) is 77.7 Å². The molecule has 180 valence electrons. The monoisotopic (exact) mass is 500 g/mol.